The smallest absolute Gasteiger partial charge is 0.244 e. The molecule has 2 rings (SSSR count). The van der Waals surface area contributed by atoms with Crippen LogP contribution in [0.2, 0.25) is 0 Å². The van der Waals surface area contributed by atoms with Crippen molar-refractivity contribution in [3.05, 3.63) is 18.5 Å². The van der Waals surface area contributed by atoms with Crippen molar-refractivity contribution in [2.45, 2.75) is 30.3 Å². The quantitative estimate of drug-likeness (QED) is 0.842. The van der Waals surface area contributed by atoms with Crippen LogP contribution in [0.3, 0.4) is 0 Å². The lowest BCUT2D eigenvalue weighted by atomic mass is 10.1. The van der Waals surface area contributed by atoms with Crippen LogP contribution in [-0.2, 0) is 14.8 Å². The molecular formula is C12H19N3O3S. The molecule has 1 atom stereocenters. The predicted octanol–water partition coefficient (Wildman–Crippen LogP) is 0.971. The number of sulfonamides is 1. The molecule has 1 aliphatic heterocycles. The second-order valence-electron chi connectivity index (χ2n) is 4.46. The Kier molecular flexibility index (Phi) is 4.73. The van der Waals surface area contributed by atoms with E-state index in [1.54, 1.807) is 19.3 Å². The molecule has 1 fully saturated rings. The molecule has 0 aliphatic carbocycles. The number of anilines is 1. The molecule has 0 bridgehead atoms. The van der Waals surface area contributed by atoms with Gasteiger partial charge in [-0.2, -0.15) is 0 Å². The molecule has 6 nitrogen and oxygen atoms in total. The number of rotatable bonds is 5. The zero-order chi connectivity index (χ0) is 13.7. The number of nitrogens with one attached hydrogen (secondary N) is 2. The summed E-state index contributed by atoms with van der Waals surface area (Å²) in [6.45, 7) is 1.02. The summed E-state index contributed by atoms with van der Waals surface area (Å²) in [7, 11) is -1.88. The van der Waals surface area contributed by atoms with E-state index in [9.17, 15) is 8.42 Å². The Labute approximate surface area is 113 Å². The van der Waals surface area contributed by atoms with E-state index in [2.05, 4.69) is 15.0 Å². The molecule has 0 spiro atoms. The largest absolute Gasteiger partial charge is 0.387 e. The van der Waals surface area contributed by atoms with Crippen molar-refractivity contribution in [3.63, 3.8) is 0 Å². The van der Waals surface area contributed by atoms with Crippen molar-refractivity contribution in [2.75, 3.05) is 25.5 Å². The van der Waals surface area contributed by atoms with Crippen molar-refractivity contribution in [3.8, 4) is 0 Å². The van der Waals surface area contributed by atoms with Gasteiger partial charge in [-0.05, 0) is 25.3 Å². The third-order valence-electron chi connectivity index (χ3n) is 3.12. The number of hydrogen-bond donors (Lipinski definition) is 2. The molecule has 1 aliphatic rings. The van der Waals surface area contributed by atoms with Gasteiger partial charge in [-0.25, -0.2) is 13.1 Å². The van der Waals surface area contributed by atoms with Crippen LogP contribution in [0.15, 0.2) is 23.4 Å². The Morgan fingerprint density at radius 2 is 2.32 bits per heavy atom. The molecule has 1 unspecified atom stereocenters. The van der Waals surface area contributed by atoms with E-state index in [0.717, 1.165) is 19.3 Å². The number of nitrogens with zero attached hydrogens (tertiary/aromatic N) is 1. The first-order valence-corrected chi connectivity index (χ1v) is 7.85. The average Bonchev–Trinajstić information content (AvgIpc) is 2.46. The fourth-order valence-corrected chi connectivity index (χ4v) is 3.27. The van der Waals surface area contributed by atoms with Crippen LogP contribution in [0.4, 0.5) is 5.69 Å². The Hall–Kier alpha value is -1.18. The minimum absolute atomic E-state index is 0.0294. The number of ether oxygens (including phenoxy) is 1. The molecule has 0 radical (unpaired) electrons. The highest BCUT2D eigenvalue weighted by atomic mass is 32.2. The minimum Gasteiger partial charge on any atom is -0.387 e. The van der Waals surface area contributed by atoms with Gasteiger partial charge in [-0.3, -0.25) is 4.98 Å². The van der Waals surface area contributed by atoms with E-state index < -0.39 is 10.0 Å². The molecule has 1 aromatic rings. The normalized spacial score (nSPS) is 20.2. The fraction of sp³-hybridized carbons (Fsp3) is 0.583. The maximum atomic E-state index is 12.2. The maximum Gasteiger partial charge on any atom is 0.244 e. The van der Waals surface area contributed by atoms with Gasteiger partial charge >= 0.3 is 0 Å². The van der Waals surface area contributed by atoms with Crippen LogP contribution in [-0.4, -0.2) is 39.7 Å². The first-order chi connectivity index (χ1) is 9.13. The van der Waals surface area contributed by atoms with Crippen LogP contribution < -0.4 is 10.0 Å². The van der Waals surface area contributed by atoms with Crippen LogP contribution in [0, 0.1) is 0 Å². The molecule has 7 heteroatoms. The summed E-state index contributed by atoms with van der Waals surface area (Å²) in [4.78, 5) is 4.02. The van der Waals surface area contributed by atoms with E-state index >= 15 is 0 Å². The van der Waals surface area contributed by atoms with E-state index in [1.807, 2.05) is 0 Å². The second kappa shape index (κ2) is 6.31. The fourth-order valence-electron chi connectivity index (χ4n) is 2.05. The van der Waals surface area contributed by atoms with E-state index in [4.69, 9.17) is 4.74 Å². The Morgan fingerprint density at radius 3 is 3.00 bits per heavy atom. The molecule has 1 aromatic heterocycles. The summed E-state index contributed by atoms with van der Waals surface area (Å²) in [5.74, 6) is 0. The molecular weight excluding hydrogens is 266 g/mol. The number of hydrogen-bond acceptors (Lipinski definition) is 5. The summed E-state index contributed by atoms with van der Waals surface area (Å²) in [5, 5.41) is 2.85. The van der Waals surface area contributed by atoms with Crippen LogP contribution in [0.5, 0.6) is 0 Å². The van der Waals surface area contributed by atoms with E-state index in [0.29, 0.717) is 18.8 Å². The van der Waals surface area contributed by atoms with Crippen molar-refractivity contribution in [1.29, 1.82) is 0 Å². The lowest BCUT2D eigenvalue weighted by Gasteiger charge is -2.22. The number of pyridine rings is 1. The van der Waals surface area contributed by atoms with Gasteiger partial charge in [0.05, 0.1) is 11.8 Å². The molecule has 19 heavy (non-hydrogen) atoms. The average molecular weight is 285 g/mol. The molecule has 1 saturated heterocycles. The van der Waals surface area contributed by atoms with Gasteiger partial charge in [-0.1, -0.05) is 0 Å². The SMILES string of the molecule is CNc1ccncc1S(=O)(=O)NCC1CCCCO1. The highest BCUT2D eigenvalue weighted by Crippen LogP contribution is 2.19. The topological polar surface area (TPSA) is 80.3 Å². The zero-order valence-corrected chi connectivity index (χ0v) is 11.7. The summed E-state index contributed by atoms with van der Waals surface area (Å²) in [6, 6.07) is 1.63. The molecule has 2 N–H and O–H groups in total. The lowest BCUT2D eigenvalue weighted by molar-refractivity contribution is 0.0200. The summed E-state index contributed by atoms with van der Waals surface area (Å²) in [5.41, 5.74) is 0.534. The summed E-state index contributed by atoms with van der Waals surface area (Å²) >= 11 is 0. The highest BCUT2D eigenvalue weighted by molar-refractivity contribution is 7.89. The van der Waals surface area contributed by atoms with Gasteiger partial charge in [0, 0.05) is 32.6 Å². The Morgan fingerprint density at radius 1 is 1.47 bits per heavy atom. The van der Waals surface area contributed by atoms with Gasteiger partial charge in [0.15, 0.2) is 0 Å². The molecule has 0 saturated carbocycles. The number of aromatic nitrogens is 1. The van der Waals surface area contributed by atoms with Crippen molar-refractivity contribution < 1.29 is 13.2 Å². The Bertz CT molecular complexity index is 513. The summed E-state index contributed by atoms with van der Waals surface area (Å²) < 4.78 is 32.5. The van der Waals surface area contributed by atoms with Crippen LogP contribution in [0.25, 0.3) is 0 Å². The van der Waals surface area contributed by atoms with Crippen molar-refractivity contribution >= 4 is 15.7 Å². The van der Waals surface area contributed by atoms with E-state index in [-0.39, 0.29) is 11.0 Å². The molecule has 2 heterocycles. The second-order valence-corrected chi connectivity index (χ2v) is 6.20. The van der Waals surface area contributed by atoms with Crippen molar-refractivity contribution in [2.24, 2.45) is 0 Å². The van der Waals surface area contributed by atoms with E-state index in [1.165, 1.54) is 6.20 Å². The lowest BCUT2D eigenvalue weighted by Crippen LogP contribution is -2.35. The molecule has 106 valence electrons. The third kappa shape index (κ3) is 3.65. The van der Waals surface area contributed by atoms with Gasteiger partial charge in [0.1, 0.15) is 4.90 Å². The van der Waals surface area contributed by atoms with Crippen LogP contribution in [0.1, 0.15) is 19.3 Å². The summed E-state index contributed by atoms with van der Waals surface area (Å²) in [6.07, 6.45) is 5.90. The first kappa shape index (κ1) is 14.2. The van der Waals surface area contributed by atoms with Crippen molar-refractivity contribution in [1.82, 2.24) is 9.71 Å². The Balaban J connectivity index is 2.05. The molecule has 0 amide bonds. The monoisotopic (exact) mass is 285 g/mol. The van der Waals surface area contributed by atoms with Gasteiger partial charge in [-0.15, -0.1) is 0 Å². The highest BCUT2D eigenvalue weighted by Gasteiger charge is 2.21. The predicted molar refractivity (Wildman–Crippen MR) is 72.6 cm³/mol. The van der Waals surface area contributed by atoms with Gasteiger partial charge < -0.3 is 10.1 Å². The maximum absolute atomic E-state index is 12.2. The third-order valence-corrected chi connectivity index (χ3v) is 4.57. The van der Waals surface area contributed by atoms with Gasteiger partial charge in [0.25, 0.3) is 0 Å². The molecule has 0 aromatic carbocycles. The van der Waals surface area contributed by atoms with Crippen LogP contribution >= 0.6 is 0 Å². The zero-order valence-electron chi connectivity index (χ0n) is 10.9. The first-order valence-electron chi connectivity index (χ1n) is 6.36. The van der Waals surface area contributed by atoms with Gasteiger partial charge in [0.2, 0.25) is 10.0 Å². The standard InChI is InChI=1S/C12H19N3O3S/c1-13-11-5-6-14-9-12(11)19(16,17)15-8-10-4-2-3-7-18-10/h5-6,9-10,15H,2-4,7-8H2,1H3,(H,13,14). The minimum atomic E-state index is -3.56.